The summed E-state index contributed by atoms with van der Waals surface area (Å²) >= 11 is 1.48. The lowest BCUT2D eigenvalue weighted by Crippen LogP contribution is -2.45. The minimum atomic E-state index is -1.44. The van der Waals surface area contributed by atoms with Crippen LogP contribution in [-0.4, -0.2) is 34.2 Å². The third-order valence-corrected chi connectivity index (χ3v) is 4.09. The Bertz CT molecular complexity index is 320. The third kappa shape index (κ3) is 5.85. The molecule has 0 aromatic carbocycles. The van der Waals surface area contributed by atoms with Crippen LogP contribution in [0.4, 0.5) is 0 Å². The minimum Gasteiger partial charge on any atom is -0.480 e. The number of rotatable bonds is 7. The van der Waals surface area contributed by atoms with Crippen LogP contribution in [0.2, 0.25) is 0 Å². The summed E-state index contributed by atoms with van der Waals surface area (Å²) in [5.74, 6) is -1.35. The predicted octanol–water partition coefficient (Wildman–Crippen LogP) is 3.20. The Morgan fingerprint density at radius 1 is 1.26 bits per heavy atom. The summed E-state index contributed by atoms with van der Waals surface area (Å²) in [5.41, 5.74) is -1.44. The van der Waals surface area contributed by atoms with Gasteiger partial charge in [-0.2, -0.15) is 11.8 Å². The van der Waals surface area contributed by atoms with Crippen molar-refractivity contribution in [2.75, 3.05) is 12.4 Å². The molecule has 0 spiro atoms. The zero-order chi connectivity index (χ0) is 15.3. The highest BCUT2D eigenvalue weighted by Crippen LogP contribution is 2.37. The molecule has 0 bridgehead atoms. The van der Waals surface area contributed by atoms with Gasteiger partial charge in [-0.3, -0.25) is 9.59 Å². The lowest BCUT2D eigenvalue weighted by atomic mass is 9.82. The summed E-state index contributed by atoms with van der Waals surface area (Å²) in [6.07, 6.45) is 0.296. The quantitative estimate of drug-likeness (QED) is 0.576. The Morgan fingerprint density at radius 2 is 1.79 bits per heavy atom. The van der Waals surface area contributed by atoms with Gasteiger partial charge < -0.3 is 9.84 Å². The Hall–Kier alpha value is -0.710. The molecule has 1 atom stereocenters. The molecule has 0 radical (unpaired) electrons. The number of carbonyl (C=O) groups excluding carboxylic acids is 1. The number of thioether (sulfide) groups is 1. The highest BCUT2D eigenvalue weighted by molar-refractivity contribution is 8.00. The standard InChI is InChI=1S/C14H26O4S/c1-7-18-12(17)14(11(15)16,8-10(2)3)9-19-13(4,5)6/h10H,7-9H2,1-6H3,(H,15,16)/t14-/m0/s1. The molecule has 0 unspecified atom stereocenters. The van der Waals surface area contributed by atoms with Gasteiger partial charge in [-0.25, -0.2) is 0 Å². The fraction of sp³-hybridized carbons (Fsp3) is 0.857. The molecule has 0 heterocycles. The Balaban J connectivity index is 5.26. The van der Waals surface area contributed by atoms with Crippen LogP contribution in [0.5, 0.6) is 0 Å². The average molecular weight is 290 g/mol. The molecule has 0 aromatic heterocycles. The molecule has 19 heavy (non-hydrogen) atoms. The Kier molecular flexibility index (Phi) is 6.91. The number of carbonyl (C=O) groups is 2. The molecule has 0 fully saturated rings. The molecule has 0 aromatic rings. The summed E-state index contributed by atoms with van der Waals surface area (Å²) in [6, 6.07) is 0. The molecular formula is C14H26O4S. The number of hydrogen-bond donors (Lipinski definition) is 1. The van der Waals surface area contributed by atoms with Crippen LogP contribution < -0.4 is 0 Å². The molecule has 0 aliphatic heterocycles. The van der Waals surface area contributed by atoms with Crippen molar-refractivity contribution in [2.45, 2.75) is 52.7 Å². The fourth-order valence-electron chi connectivity index (χ4n) is 1.74. The van der Waals surface area contributed by atoms with Gasteiger partial charge >= 0.3 is 11.9 Å². The van der Waals surface area contributed by atoms with Crippen LogP contribution in [0.3, 0.4) is 0 Å². The van der Waals surface area contributed by atoms with E-state index in [1.807, 2.05) is 34.6 Å². The normalized spacial score (nSPS) is 15.1. The van der Waals surface area contributed by atoms with Crippen LogP contribution in [0.15, 0.2) is 0 Å². The van der Waals surface area contributed by atoms with Gasteiger partial charge in [0.25, 0.3) is 0 Å². The number of carboxylic acid groups (broad SMARTS) is 1. The zero-order valence-electron chi connectivity index (χ0n) is 12.8. The summed E-state index contributed by atoms with van der Waals surface area (Å²) in [5, 5.41) is 9.55. The van der Waals surface area contributed by atoms with Crippen molar-refractivity contribution in [3.8, 4) is 0 Å². The van der Waals surface area contributed by atoms with Gasteiger partial charge in [0.15, 0.2) is 5.41 Å². The van der Waals surface area contributed by atoms with Crippen LogP contribution in [0, 0.1) is 11.3 Å². The van der Waals surface area contributed by atoms with E-state index < -0.39 is 17.4 Å². The number of hydrogen-bond acceptors (Lipinski definition) is 4. The van der Waals surface area contributed by atoms with E-state index in [9.17, 15) is 14.7 Å². The van der Waals surface area contributed by atoms with Crippen molar-refractivity contribution < 1.29 is 19.4 Å². The first kappa shape index (κ1) is 18.3. The van der Waals surface area contributed by atoms with Gasteiger partial charge in [0.1, 0.15) is 0 Å². The van der Waals surface area contributed by atoms with Gasteiger partial charge in [0.05, 0.1) is 6.61 Å². The number of ether oxygens (including phenoxy) is 1. The van der Waals surface area contributed by atoms with Crippen LogP contribution in [0.1, 0.15) is 48.0 Å². The van der Waals surface area contributed by atoms with Gasteiger partial charge in [0.2, 0.25) is 0 Å². The monoisotopic (exact) mass is 290 g/mol. The fourth-order valence-corrected chi connectivity index (χ4v) is 2.78. The molecule has 0 aliphatic carbocycles. The Labute approximate surface area is 120 Å². The molecule has 5 heteroatoms. The smallest absolute Gasteiger partial charge is 0.324 e. The van der Waals surface area contributed by atoms with Gasteiger partial charge in [0, 0.05) is 10.5 Å². The van der Waals surface area contributed by atoms with Crippen molar-refractivity contribution in [3.05, 3.63) is 0 Å². The maximum Gasteiger partial charge on any atom is 0.324 e. The largest absolute Gasteiger partial charge is 0.480 e. The number of aliphatic carboxylic acids is 1. The molecule has 1 N–H and O–H groups in total. The highest BCUT2D eigenvalue weighted by atomic mass is 32.2. The van der Waals surface area contributed by atoms with E-state index >= 15 is 0 Å². The summed E-state index contributed by atoms with van der Waals surface area (Å²) in [4.78, 5) is 23.8. The number of carboxylic acids is 1. The van der Waals surface area contributed by atoms with Gasteiger partial charge in [-0.15, -0.1) is 0 Å². The van der Waals surface area contributed by atoms with Crippen molar-refractivity contribution >= 4 is 23.7 Å². The minimum absolute atomic E-state index is 0.0931. The van der Waals surface area contributed by atoms with E-state index in [-0.39, 0.29) is 23.0 Å². The SMILES string of the molecule is CCOC(=O)[C@](CSC(C)(C)C)(CC(C)C)C(=O)O. The second-order valence-corrected chi connectivity index (χ2v) is 7.91. The van der Waals surface area contributed by atoms with Gasteiger partial charge in [-0.05, 0) is 19.3 Å². The van der Waals surface area contributed by atoms with Crippen molar-refractivity contribution in [3.63, 3.8) is 0 Å². The van der Waals surface area contributed by atoms with Crippen LogP contribution in [0.25, 0.3) is 0 Å². The third-order valence-electron chi connectivity index (χ3n) is 2.58. The molecule has 0 amide bonds. The van der Waals surface area contributed by atoms with E-state index in [0.717, 1.165) is 0 Å². The average Bonchev–Trinajstić information content (AvgIpc) is 2.22. The molecule has 4 nitrogen and oxygen atoms in total. The van der Waals surface area contributed by atoms with Crippen molar-refractivity contribution in [2.24, 2.45) is 11.3 Å². The molecule has 0 rings (SSSR count). The molecule has 0 saturated carbocycles. The van der Waals surface area contributed by atoms with Crippen molar-refractivity contribution in [1.29, 1.82) is 0 Å². The summed E-state index contributed by atoms with van der Waals surface area (Å²) in [7, 11) is 0. The maximum atomic E-state index is 12.1. The second-order valence-electron chi connectivity index (χ2n) is 6.11. The van der Waals surface area contributed by atoms with Crippen LogP contribution >= 0.6 is 11.8 Å². The van der Waals surface area contributed by atoms with E-state index in [1.54, 1.807) is 6.92 Å². The Morgan fingerprint density at radius 3 is 2.11 bits per heavy atom. The first-order chi connectivity index (χ1) is 8.55. The lowest BCUT2D eigenvalue weighted by molar-refractivity contribution is -0.168. The van der Waals surface area contributed by atoms with Crippen LogP contribution in [-0.2, 0) is 14.3 Å². The molecule has 0 aliphatic rings. The summed E-state index contributed by atoms with van der Waals surface area (Å²) < 4.78 is 4.91. The molecule has 0 saturated heterocycles. The zero-order valence-corrected chi connectivity index (χ0v) is 13.6. The lowest BCUT2D eigenvalue weighted by Gasteiger charge is -2.31. The van der Waals surface area contributed by atoms with Gasteiger partial charge in [-0.1, -0.05) is 34.6 Å². The van der Waals surface area contributed by atoms with E-state index in [0.29, 0.717) is 6.42 Å². The van der Waals surface area contributed by atoms with E-state index in [1.165, 1.54) is 11.8 Å². The van der Waals surface area contributed by atoms with E-state index in [2.05, 4.69) is 0 Å². The maximum absolute atomic E-state index is 12.1. The first-order valence-corrected chi connectivity index (χ1v) is 7.58. The first-order valence-electron chi connectivity index (χ1n) is 6.59. The highest BCUT2D eigenvalue weighted by Gasteiger charge is 2.48. The summed E-state index contributed by atoms with van der Waals surface area (Å²) in [6.45, 7) is 11.7. The second kappa shape index (κ2) is 7.17. The van der Waals surface area contributed by atoms with Crippen molar-refractivity contribution in [1.82, 2.24) is 0 Å². The molecular weight excluding hydrogens is 264 g/mol. The molecule has 112 valence electrons. The van der Waals surface area contributed by atoms with E-state index in [4.69, 9.17) is 4.74 Å². The topological polar surface area (TPSA) is 63.6 Å². The number of esters is 1. The predicted molar refractivity (Wildman–Crippen MR) is 78.4 cm³/mol.